The van der Waals surface area contributed by atoms with Crippen molar-refractivity contribution in [1.29, 1.82) is 0 Å². The van der Waals surface area contributed by atoms with Gasteiger partial charge in [0.15, 0.2) is 0 Å². The Morgan fingerprint density at radius 2 is 1.88 bits per heavy atom. The van der Waals surface area contributed by atoms with E-state index in [1.54, 1.807) is 11.0 Å². The molecule has 1 saturated heterocycles. The molecule has 0 aromatic heterocycles. The van der Waals surface area contributed by atoms with E-state index < -0.39 is 0 Å². The smallest absolute Gasteiger partial charge is 0.227 e. The molecule has 2 atom stereocenters. The largest absolute Gasteiger partial charge is 0.349 e. The van der Waals surface area contributed by atoms with Gasteiger partial charge in [-0.2, -0.15) is 0 Å². The van der Waals surface area contributed by atoms with Crippen LogP contribution >= 0.6 is 11.6 Å². The van der Waals surface area contributed by atoms with Crippen molar-refractivity contribution >= 4 is 29.1 Å². The lowest BCUT2D eigenvalue weighted by molar-refractivity contribution is -0.126. The fraction of sp³-hybridized carbons (Fsp3) is 0.300. The third-order valence-corrected chi connectivity index (χ3v) is 4.92. The third-order valence-electron chi connectivity index (χ3n) is 4.57. The molecule has 5 heteroatoms. The standard InChI is InChI=1S/C20H21ClN2O2/c1-13-7-9-16(10-8-13)23-12-15(11-19(23)24)20(25)22-14(2)17-5-3-4-6-18(17)21/h3-10,14-15H,11-12H2,1-2H3,(H,22,25)/t14-,15+/m1/s1. The number of anilines is 1. The molecule has 0 radical (unpaired) electrons. The molecule has 1 heterocycles. The van der Waals surface area contributed by atoms with Crippen LogP contribution in [0.25, 0.3) is 0 Å². The molecule has 1 N–H and O–H groups in total. The summed E-state index contributed by atoms with van der Waals surface area (Å²) in [5.74, 6) is -0.483. The van der Waals surface area contributed by atoms with Gasteiger partial charge in [-0.1, -0.05) is 47.5 Å². The number of hydrogen-bond acceptors (Lipinski definition) is 2. The van der Waals surface area contributed by atoms with Crippen LogP contribution in [-0.4, -0.2) is 18.4 Å². The van der Waals surface area contributed by atoms with Crippen LogP contribution in [0.3, 0.4) is 0 Å². The van der Waals surface area contributed by atoms with Gasteiger partial charge in [-0.05, 0) is 37.6 Å². The Balaban J connectivity index is 1.66. The maximum atomic E-state index is 12.6. The highest BCUT2D eigenvalue weighted by Gasteiger charge is 2.35. The molecular formula is C20H21ClN2O2. The van der Waals surface area contributed by atoms with Gasteiger partial charge in [-0.15, -0.1) is 0 Å². The van der Waals surface area contributed by atoms with E-state index in [-0.39, 0.29) is 30.2 Å². The minimum Gasteiger partial charge on any atom is -0.349 e. The molecule has 0 bridgehead atoms. The number of nitrogens with one attached hydrogen (secondary N) is 1. The van der Waals surface area contributed by atoms with E-state index in [1.165, 1.54) is 0 Å². The molecule has 2 amide bonds. The Kier molecular flexibility index (Phi) is 5.09. The van der Waals surface area contributed by atoms with Gasteiger partial charge < -0.3 is 10.2 Å². The third kappa shape index (κ3) is 3.85. The van der Waals surface area contributed by atoms with Gasteiger partial charge in [0.1, 0.15) is 0 Å². The lowest BCUT2D eigenvalue weighted by atomic mass is 10.0. The topological polar surface area (TPSA) is 49.4 Å². The van der Waals surface area contributed by atoms with Crippen LogP contribution in [0.15, 0.2) is 48.5 Å². The molecule has 2 aromatic carbocycles. The van der Waals surface area contributed by atoms with Gasteiger partial charge in [0, 0.05) is 23.7 Å². The first-order chi connectivity index (χ1) is 12.0. The van der Waals surface area contributed by atoms with Crippen molar-refractivity contribution in [3.05, 3.63) is 64.7 Å². The Bertz CT molecular complexity index is 789. The summed E-state index contributed by atoms with van der Waals surface area (Å²) in [6.07, 6.45) is 0.231. The lowest BCUT2D eigenvalue weighted by Gasteiger charge is -2.19. The van der Waals surface area contributed by atoms with Crippen molar-refractivity contribution in [2.24, 2.45) is 5.92 Å². The molecule has 4 nitrogen and oxygen atoms in total. The molecule has 0 spiro atoms. The fourth-order valence-electron chi connectivity index (χ4n) is 3.09. The van der Waals surface area contributed by atoms with Gasteiger partial charge in [0.05, 0.1) is 12.0 Å². The Morgan fingerprint density at radius 1 is 1.20 bits per heavy atom. The van der Waals surface area contributed by atoms with Crippen molar-refractivity contribution in [3.63, 3.8) is 0 Å². The maximum Gasteiger partial charge on any atom is 0.227 e. The quantitative estimate of drug-likeness (QED) is 0.903. The van der Waals surface area contributed by atoms with Crippen LogP contribution in [0.4, 0.5) is 5.69 Å². The second kappa shape index (κ2) is 7.28. The summed E-state index contributed by atoms with van der Waals surface area (Å²) >= 11 is 6.19. The molecule has 0 aliphatic carbocycles. The zero-order valence-corrected chi connectivity index (χ0v) is 15.1. The SMILES string of the molecule is Cc1ccc(N2C[C@@H](C(=O)N[C@H](C)c3ccccc3Cl)CC2=O)cc1. The number of rotatable bonds is 4. The Labute approximate surface area is 152 Å². The first-order valence-corrected chi connectivity index (χ1v) is 8.75. The molecule has 1 fully saturated rings. The molecule has 1 aliphatic heterocycles. The summed E-state index contributed by atoms with van der Waals surface area (Å²) in [4.78, 5) is 26.6. The summed E-state index contributed by atoms with van der Waals surface area (Å²) in [7, 11) is 0. The molecular weight excluding hydrogens is 336 g/mol. The first kappa shape index (κ1) is 17.5. The summed E-state index contributed by atoms with van der Waals surface area (Å²) in [6.45, 7) is 4.30. The van der Waals surface area contributed by atoms with E-state index in [9.17, 15) is 9.59 Å². The second-order valence-electron chi connectivity index (χ2n) is 6.49. The van der Waals surface area contributed by atoms with Gasteiger partial charge in [-0.3, -0.25) is 9.59 Å². The summed E-state index contributed by atoms with van der Waals surface area (Å²) in [5.41, 5.74) is 2.85. The maximum absolute atomic E-state index is 12.6. The fourth-order valence-corrected chi connectivity index (χ4v) is 3.39. The Hall–Kier alpha value is -2.33. The average Bonchev–Trinajstić information content (AvgIpc) is 2.98. The number of carbonyl (C=O) groups is 2. The number of carbonyl (C=O) groups excluding carboxylic acids is 2. The highest BCUT2D eigenvalue weighted by molar-refractivity contribution is 6.31. The lowest BCUT2D eigenvalue weighted by Crippen LogP contribution is -2.34. The number of aryl methyl sites for hydroxylation is 1. The minimum absolute atomic E-state index is 0.0191. The van der Waals surface area contributed by atoms with Crippen LogP contribution in [0.1, 0.15) is 30.5 Å². The van der Waals surface area contributed by atoms with E-state index in [0.717, 1.165) is 16.8 Å². The molecule has 1 aliphatic rings. The van der Waals surface area contributed by atoms with E-state index in [0.29, 0.717) is 11.6 Å². The number of halogens is 1. The number of amides is 2. The van der Waals surface area contributed by atoms with Gasteiger partial charge in [0.25, 0.3) is 0 Å². The van der Waals surface area contributed by atoms with Crippen LogP contribution < -0.4 is 10.2 Å². The molecule has 3 rings (SSSR count). The number of nitrogens with zero attached hydrogens (tertiary/aromatic N) is 1. The predicted molar refractivity (Wildman–Crippen MR) is 99.6 cm³/mol. The summed E-state index contributed by atoms with van der Waals surface area (Å²) in [6, 6.07) is 15.0. The zero-order chi connectivity index (χ0) is 18.0. The van der Waals surface area contributed by atoms with Gasteiger partial charge in [-0.25, -0.2) is 0 Å². The summed E-state index contributed by atoms with van der Waals surface area (Å²) in [5, 5.41) is 3.60. The van der Waals surface area contributed by atoms with Gasteiger partial charge >= 0.3 is 0 Å². The van der Waals surface area contributed by atoms with Crippen molar-refractivity contribution in [2.75, 3.05) is 11.4 Å². The second-order valence-corrected chi connectivity index (χ2v) is 6.90. The van der Waals surface area contributed by atoms with E-state index in [1.807, 2.05) is 56.3 Å². The average molecular weight is 357 g/mol. The van der Waals surface area contributed by atoms with Crippen molar-refractivity contribution in [3.8, 4) is 0 Å². The van der Waals surface area contributed by atoms with Crippen LogP contribution in [0.5, 0.6) is 0 Å². The Morgan fingerprint density at radius 3 is 2.56 bits per heavy atom. The number of benzene rings is 2. The molecule has 0 unspecified atom stereocenters. The van der Waals surface area contributed by atoms with Crippen LogP contribution in [0.2, 0.25) is 5.02 Å². The molecule has 25 heavy (non-hydrogen) atoms. The van der Waals surface area contributed by atoms with Crippen LogP contribution in [-0.2, 0) is 9.59 Å². The highest BCUT2D eigenvalue weighted by atomic mass is 35.5. The predicted octanol–water partition coefficient (Wildman–Crippen LogP) is 3.88. The van der Waals surface area contributed by atoms with E-state index in [2.05, 4.69) is 5.32 Å². The zero-order valence-electron chi connectivity index (χ0n) is 14.3. The summed E-state index contributed by atoms with van der Waals surface area (Å²) < 4.78 is 0. The molecule has 2 aromatic rings. The number of hydrogen-bond donors (Lipinski definition) is 1. The van der Waals surface area contributed by atoms with Crippen LogP contribution in [0, 0.1) is 12.8 Å². The van der Waals surface area contributed by atoms with E-state index in [4.69, 9.17) is 11.6 Å². The normalized spacial score (nSPS) is 18.3. The molecule has 0 saturated carbocycles. The first-order valence-electron chi connectivity index (χ1n) is 8.37. The minimum atomic E-state index is -0.348. The molecule has 130 valence electrons. The van der Waals surface area contributed by atoms with E-state index >= 15 is 0 Å². The highest BCUT2D eigenvalue weighted by Crippen LogP contribution is 2.27. The van der Waals surface area contributed by atoms with Crippen molar-refractivity contribution in [2.45, 2.75) is 26.3 Å². The van der Waals surface area contributed by atoms with Crippen molar-refractivity contribution in [1.82, 2.24) is 5.32 Å². The van der Waals surface area contributed by atoms with Gasteiger partial charge in [0.2, 0.25) is 11.8 Å². The van der Waals surface area contributed by atoms with Crippen molar-refractivity contribution < 1.29 is 9.59 Å². The monoisotopic (exact) mass is 356 g/mol.